The van der Waals surface area contributed by atoms with Gasteiger partial charge in [0, 0.05) is 24.1 Å². The van der Waals surface area contributed by atoms with Crippen LogP contribution in [0.3, 0.4) is 0 Å². The van der Waals surface area contributed by atoms with Crippen LogP contribution in [-0.2, 0) is 0 Å². The quantitative estimate of drug-likeness (QED) is 0.867. The van der Waals surface area contributed by atoms with Gasteiger partial charge in [0.2, 0.25) is 0 Å². The molecule has 0 fully saturated rings. The summed E-state index contributed by atoms with van der Waals surface area (Å²) in [7, 11) is 0. The van der Waals surface area contributed by atoms with E-state index in [2.05, 4.69) is 24.4 Å². The van der Waals surface area contributed by atoms with E-state index in [0.717, 1.165) is 18.9 Å². The summed E-state index contributed by atoms with van der Waals surface area (Å²) in [5.41, 5.74) is 1.20. The second-order valence-electron chi connectivity index (χ2n) is 4.74. The molecular weight excluding hydrogens is 212 g/mol. The number of para-hydroxylation sites is 1. The molecule has 3 nitrogen and oxygen atoms in total. The lowest BCUT2D eigenvalue weighted by Gasteiger charge is -2.32. The lowest BCUT2D eigenvalue weighted by Crippen LogP contribution is -2.35. The minimum Gasteiger partial charge on any atom is -0.493 e. The van der Waals surface area contributed by atoms with Gasteiger partial charge in [0.05, 0.1) is 18.6 Å². The highest BCUT2D eigenvalue weighted by molar-refractivity contribution is 5.37. The average Bonchev–Trinajstić information content (AvgIpc) is 2.37. The first kappa shape index (κ1) is 11.9. The summed E-state index contributed by atoms with van der Waals surface area (Å²) >= 11 is 0. The van der Waals surface area contributed by atoms with Crippen molar-refractivity contribution < 1.29 is 4.74 Å². The Morgan fingerprint density at radius 2 is 2.29 bits per heavy atom. The Balaban J connectivity index is 2.13. The Bertz CT molecular complexity index is 424. The molecule has 17 heavy (non-hydrogen) atoms. The van der Waals surface area contributed by atoms with Crippen molar-refractivity contribution in [3.63, 3.8) is 0 Å². The molecule has 0 spiro atoms. The van der Waals surface area contributed by atoms with E-state index in [1.54, 1.807) is 0 Å². The van der Waals surface area contributed by atoms with Crippen LogP contribution in [0.1, 0.15) is 25.5 Å². The fraction of sp³-hybridized carbons (Fsp3) is 0.500. The standard InChI is InChI=1S/C14H18N2O/c1-10(7-15)8-16-14-11(2)9-17-13-6-4-3-5-12(13)14/h3-6,10-11,14,16H,8-9H2,1-2H3. The fourth-order valence-electron chi connectivity index (χ4n) is 2.15. The van der Waals surface area contributed by atoms with Gasteiger partial charge in [-0.05, 0) is 13.0 Å². The molecule has 3 unspecified atom stereocenters. The van der Waals surface area contributed by atoms with Gasteiger partial charge in [-0.25, -0.2) is 0 Å². The maximum absolute atomic E-state index is 8.81. The molecule has 1 N–H and O–H groups in total. The molecule has 1 aromatic rings. The molecule has 0 amide bonds. The maximum atomic E-state index is 8.81. The molecule has 3 heteroatoms. The van der Waals surface area contributed by atoms with Gasteiger partial charge in [0.1, 0.15) is 5.75 Å². The highest BCUT2D eigenvalue weighted by Gasteiger charge is 2.27. The van der Waals surface area contributed by atoms with E-state index in [0.29, 0.717) is 5.92 Å². The number of nitrogens with zero attached hydrogens (tertiary/aromatic N) is 1. The van der Waals surface area contributed by atoms with Crippen LogP contribution in [0.2, 0.25) is 0 Å². The smallest absolute Gasteiger partial charge is 0.124 e. The Labute approximate surface area is 102 Å². The zero-order valence-corrected chi connectivity index (χ0v) is 10.3. The zero-order valence-electron chi connectivity index (χ0n) is 10.3. The molecule has 1 aromatic carbocycles. The van der Waals surface area contributed by atoms with Crippen molar-refractivity contribution in [3.05, 3.63) is 29.8 Å². The van der Waals surface area contributed by atoms with Crippen molar-refractivity contribution in [2.75, 3.05) is 13.2 Å². The number of nitriles is 1. The van der Waals surface area contributed by atoms with Crippen molar-refractivity contribution in [2.45, 2.75) is 19.9 Å². The molecule has 0 aromatic heterocycles. The Hall–Kier alpha value is -1.53. The van der Waals surface area contributed by atoms with Gasteiger partial charge in [-0.15, -0.1) is 0 Å². The largest absolute Gasteiger partial charge is 0.493 e. The second-order valence-corrected chi connectivity index (χ2v) is 4.74. The monoisotopic (exact) mass is 230 g/mol. The maximum Gasteiger partial charge on any atom is 0.124 e. The minimum atomic E-state index is 0.0391. The number of benzene rings is 1. The molecule has 2 rings (SSSR count). The van der Waals surface area contributed by atoms with Gasteiger partial charge in [-0.1, -0.05) is 25.1 Å². The third-order valence-electron chi connectivity index (χ3n) is 3.19. The van der Waals surface area contributed by atoms with E-state index >= 15 is 0 Å². The summed E-state index contributed by atoms with van der Waals surface area (Å²) in [6, 6.07) is 10.7. The Morgan fingerprint density at radius 1 is 1.53 bits per heavy atom. The molecule has 90 valence electrons. The molecule has 0 aliphatic carbocycles. The van der Waals surface area contributed by atoms with E-state index in [1.807, 2.05) is 25.1 Å². The van der Waals surface area contributed by atoms with Crippen molar-refractivity contribution >= 4 is 0 Å². The zero-order chi connectivity index (χ0) is 12.3. The number of hydrogen-bond donors (Lipinski definition) is 1. The van der Waals surface area contributed by atoms with Crippen LogP contribution in [0.5, 0.6) is 5.75 Å². The molecule has 3 atom stereocenters. The predicted octanol–water partition coefficient (Wildman–Crippen LogP) is 2.51. The van der Waals surface area contributed by atoms with Gasteiger partial charge in [-0.3, -0.25) is 0 Å². The molecule has 1 aliphatic heterocycles. The van der Waals surface area contributed by atoms with Gasteiger partial charge in [-0.2, -0.15) is 5.26 Å². The summed E-state index contributed by atoms with van der Waals surface area (Å²) in [6.45, 7) is 5.56. The highest BCUT2D eigenvalue weighted by Crippen LogP contribution is 2.34. The van der Waals surface area contributed by atoms with Crippen LogP contribution in [0, 0.1) is 23.2 Å². The van der Waals surface area contributed by atoms with Gasteiger partial charge >= 0.3 is 0 Å². The fourth-order valence-corrected chi connectivity index (χ4v) is 2.15. The Morgan fingerprint density at radius 3 is 3.06 bits per heavy atom. The molecule has 0 radical (unpaired) electrons. The number of hydrogen-bond acceptors (Lipinski definition) is 3. The molecule has 0 saturated heterocycles. The van der Waals surface area contributed by atoms with E-state index < -0.39 is 0 Å². The van der Waals surface area contributed by atoms with Gasteiger partial charge < -0.3 is 10.1 Å². The average molecular weight is 230 g/mol. The number of ether oxygens (including phenoxy) is 1. The lowest BCUT2D eigenvalue weighted by molar-refractivity contribution is 0.187. The van der Waals surface area contributed by atoms with Crippen LogP contribution in [0.25, 0.3) is 0 Å². The molecular formula is C14H18N2O. The van der Waals surface area contributed by atoms with Crippen molar-refractivity contribution in [3.8, 4) is 11.8 Å². The van der Waals surface area contributed by atoms with E-state index in [-0.39, 0.29) is 12.0 Å². The first-order chi connectivity index (χ1) is 8.22. The summed E-state index contributed by atoms with van der Waals surface area (Å²) in [4.78, 5) is 0. The van der Waals surface area contributed by atoms with E-state index in [9.17, 15) is 0 Å². The third kappa shape index (κ3) is 2.59. The molecule has 1 aliphatic rings. The summed E-state index contributed by atoms with van der Waals surface area (Å²) in [5.74, 6) is 1.43. The predicted molar refractivity (Wildman–Crippen MR) is 66.6 cm³/mol. The lowest BCUT2D eigenvalue weighted by atomic mass is 9.91. The molecule has 1 heterocycles. The second kappa shape index (κ2) is 5.20. The van der Waals surface area contributed by atoms with Crippen LogP contribution >= 0.6 is 0 Å². The summed E-state index contributed by atoms with van der Waals surface area (Å²) in [6.07, 6.45) is 0. The van der Waals surface area contributed by atoms with E-state index in [4.69, 9.17) is 10.00 Å². The van der Waals surface area contributed by atoms with E-state index in [1.165, 1.54) is 5.56 Å². The van der Waals surface area contributed by atoms with Crippen LogP contribution in [0.15, 0.2) is 24.3 Å². The SMILES string of the molecule is CC(C#N)CNC1c2ccccc2OCC1C. The molecule has 0 bridgehead atoms. The minimum absolute atomic E-state index is 0.0391. The van der Waals surface area contributed by atoms with Crippen molar-refractivity contribution in [2.24, 2.45) is 11.8 Å². The highest BCUT2D eigenvalue weighted by atomic mass is 16.5. The number of nitrogens with one attached hydrogen (secondary N) is 1. The van der Waals surface area contributed by atoms with Crippen LogP contribution < -0.4 is 10.1 Å². The van der Waals surface area contributed by atoms with Gasteiger partial charge in [0.15, 0.2) is 0 Å². The number of fused-ring (bicyclic) bond motifs is 1. The molecule has 0 saturated carbocycles. The first-order valence-corrected chi connectivity index (χ1v) is 6.07. The van der Waals surface area contributed by atoms with Crippen LogP contribution in [0.4, 0.5) is 0 Å². The van der Waals surface area contributed by atoms with Gasteiger partial charge in [0.25, 0.3) is 0 Å². The summed E-state index contributed by atoms with van der Waals surface area (Å²) < 4.78 is 5.69. The Kier molecular flexibility index (Phi) is 3.65. The summed E-state index contributed by atoms with van der Waals surface area (Å²) in [5, 5.41) is 12.3. The van der Waals surface area contributed by atoms with Crippen molar-refractivity contribution in [1.29, 1.82) is 5.26 Å². The normalized spacial score (nSPS) is 24.3. The van der Waals surface area contributed by atoms with Crippen LogP contribution in [-0.4, -0.2) is 13.2 Å². The number of rotatable bonds is 3. The third-order valence-corrected chi connectivity index (χ3v) is 3.19. The topological polar surface area (TPSA) is 45.0 Å². The van der Waals surface area contributed by atoms with Crippen molar-refractivity contribution in [1.82, 2.24) is 5.32 Å². The first-order valence-electron chi connectivity index (χ1n) is 6.07.